The lowest BCUT2D eigenvalue weighted by Crippen LogP contribution is -1.94. The minimum absolute atomic E-state index is 0.100. The quantitative estimate of drug-likeness (QED) is 0.611. The number of halogens is 1. The smallest absolute Gasteiger partial charge is 0.185 e. The van der Waals surface area contributed by atoms with Gasteiger partial charge in [-0.05, 0) is 42.8 Å². The summed E-state index contributed by atoms with van der Waals surface area (Å²) < 4.78 is 5.07. The van der Waals surface area contributed by atoms with Crippen LogP contribution in [0.4, 0.5) is 0 Å². The highest BCUT2D eigenvalue weighted by Gasteiger charge is 2.07. The van der Waals surface area contributed by atoms with Crippen molar-refractivity contribution in [2.45, 2.75) is 26.2 Å². The molecule has 2 aromatic rings. The van der Waals surface area contributed by atoms with E-state index in [1.165, 1.54) is 6.08 Å². The van der Waals surface area contributed by atoms with Gasteiger partial charge in [-0.15, -0.1) is 0 Å². The lowest BCUT2D eigenvalue weighted by molar-refractivity contribution is 0.104. The number of aromatic amines is 1. The van der Waals surface area contributed by atoms with E-state index in [0.29, 0.717) is 16.4 Å². The highest BCUT2D eigenvalue weighted by atomic mass is 35.5. The van der Waals surface area contributed by atoms with Crippen LogP contribution in [0.25, 0.3) is 6.08 Å². The number of benzene rings is 1. The molecular weight excluding hydrogens is 300 g/mol. The molecular formula is C17H19ClN2O2. The van der Waals surface area contributed by atoms with Gasteiger partial charge in [-0.2, -0.15) is 0 Å². The fraction of sp³-hybridized carbons (Fsp3) is 0.294. The SMILES string of the molecule is CCCCc1nc(/C=C/C(=O)c2ccc(OC)cc2)c(Cl)[nH]1. The molecule has 22 heavy (non-hydrogen) atoms. The Morgan fingerprint density at radius 1 is 1.36 bits per heavy atom. The first-order chi connectivity index (χ1) is 10.6. The molecule has 0 bridgehead atoms. The number of H-pyrrole nitrogens is 1. The van der Waals surface area contributed by atoms with Crippen molar-refractivity contribution in [1.29, 1.82) is 0 Å². The molecule has 0 aliphatic rings. The maximum Gasteiger partial charge on any atom is 0.185 e. The summed E-state index contributed by atoms with van der Waals surface area (Å²) >= 11 is 6.10. The second kappa shape index (κ2) is 7.80. The van der Waals surface area contributed by atoms with Crippen molar-refractivity contribution in [3.8, 4) is 5.75 Å². The average Bonchev–Trinajstić information content (AvgIpc) is 2.90. The van der Waals surface area contributed by atoms with Gasteiger partial charge in [0.05, 0.1) is 7.11 Å². The van der Waals surface area contributed by atoms with Crippen molar-refractivity contribution in [2.24, 2.45) is 0 Å². The van der Waals surface area contributed by atoms with E-state index in [2.05, 4.69) is 16.9 Å². The van der Waals surface area contributed by atoms with Crippen LogP contribution in [0.15, 0.2) is 30.3 Å². The number of aryl methyl sites for hydroxylation is 1. The maximum atomic E-state index is 12.1. The first kappa shape index (κ1) is 16.3. The summed E-state index contributed by atoms with van der Waals surface area (Å²) in [4.78, 5) is 19.5. The van der Waals surface area contributed by atoms with Crippen molar-refractivity contribution in [2.75, 3.05) is 7.11 Å². The molecule has 116 valence electrons. The predicted octanol–water partition coefficient (Wildman–Crippen LogP) is 4.31. The summed E-state index contributed by atoms with van der Waals surface area (Å²) in [5, 5.41) is 0.463. The van der Waals surface area contributed by atoms with Gasteiger partial charge >= 0.3 is 0 Å². The first-order valence-corrected chi connectivity index (χ1v) is 7.62. The molecule has 4 nitrogen and oxygen atoms in total. The van der Waals surface area contributed by atoms with Crippen LogP contribution in [0.1, 0.15) is 41.6 Å². The zero-order valence-electron chi connectivity index (χ0n) is 12.7. The fourth-order valence-corrected chi connectivity index (χ4v) is 2.21. The summed E-state index contributed by atoms with van der Waals surface area (Å²) in [7, 11) is 1.59. The largest absolute Gasteiger partial charge is 0.497 e. The van der Waals surface area contributed by atoms with Crippen LogP contribution in [0.2, 0.25) is 5.15 Å². The van der Waals surface area contributed by atoms with E-state index in [1.54, 1.807) is 37.5 Å². The van der Waals surface area contributed by atoms with Gasteiger partial charge in [-0.3, -0.25) is 4.79 Å². The molecule has 0 radical (unpaired) electrons. The van der Waals surface area contributed by atoms with Gasteiger partial charge in [-0.1, -0.05) is 24.9 Å². The van der Waals surface area contributed by atoms with Crippen molar-refractivity contribution in [1.82, 2.24) is 9.97 Å². The summed E-state index contributed by atoms with van der Waals surface area (Å²) in [6.07, 6.45) is 6.13. The number of nitrogens with zero attached hydrogens (tertiary/aromatic N) is 1. The highest BCUT2D eigenvalue weighted by molar-refractivity contribution is 6.30. The number of hydrogen-bond acceptors (Lipinski definition) is 3. The molecule has 0 spiro atoms. The van der Waals surface area contributed by atoms with Crippen molar-refractivity contribution < 1.29 is 9.53 Å². The summed E-state index contributed by atoms with van der Waals surface area (Å²) in [6.45, 7) is 2.12. The molecule has 1 heterocycles. The minimum Gasteiger partial charge on any atom is -0.497 e. The van der Waals surface area contributed by atoms with E-state index in [9.17, 15) is 4.79 Å². The van der Waals surface area contributed by atoms with Crippen LogP contribution in [0.3, 0.4) is 0 Å². The molecule has 1 aromatic heterocycles. The summed E-state index contributed by atoms with van der Waals surface area (Å²) in [5.41, 5.74) is 1.18. The number of hydrogen-bond donors (Lipinski definition) is 1. The predicted molar refractivity (Wildman–Crippen MR) is 88.6 cm³/mol. The van der Waals surface area contributed by atoms with E-state index in [-0.39, 0.29) is 5.78 Å². The number of carbonyl (C=O) groups is 1. The summed E-state index contributed by atoms with van der Waals surface area (Å²) in [6, 6.07) is 6.96. The van der Waals surface area contributed by atoms with Crippen LogP contribution in [0.5, 0.6) is 5.75 Å². The van der Waals surface area contributed by atoms with Crippen LogP contribution in [-0.4, -0.2) is 22.9 Å². The average molecular weight is 319 g/mol. The third kappa shape index (κ3) is 4.21. The number of ether oxygens (including phenoxy) is 1. The number of nitrogens with one attached hydrogen (secondary N) is 1. The molecule has 0 aliphatic carbocycles. The second-order valence-electron chi connectivity index (χ2n) is 4.91. The standard InChI is InChI=1S/C17H19ClN2O2/c1-3-4-5-16-19-14(17(18)20-16)10-11-15(21)12-6-8-13(22-2)9-7-12/h6-11H,3-5H2,1-2H3,(H,19,20)/b11-10+. The van der Waals surface area contributed by atoms with E-state index >= 15 is 0 Å². The Bertz CT molecular complexity index is 660. The van der Waals surface area contributed by atoms with Crippen molar-refractivity contribution >= 4 is 23.5 Å². The number of imidazole rings is 1. The highest BCUT2D eigenvalue weighted by Crippen LogP contribution is 2.17. The van der Waals surface area contributed by atoms with Gasteiger partial charge in [0.1, 0.15) is 22.4 Å². The normalized spacial score (nSPS) is 11.0. The van der Waals surface area contributed by atoms with E-state index in [4.69, 9.17) is 16.3 Å². The molecule has 0 saturated heterocycles. The molecule has 1 aromatic carbocycles. The molecule has 0 atom stereocenters. The topological polar surface area (TPSA) is 55.0 Å². The van der Waals surface area contributed by atoms with Crippen LogP contribution >= 0.6 is 11.6 Å². The van der Waals surface area contributed by atoms with Gasteiger partial charge in [-0.25, -0.2) is 4.98 Å². The Morgan fingerprint density at radius 3 is 2.73 bits per heavy atom. The van der Waals surface area contributed by atoms with Crippen molar-refractivity contribution in [3.63, 3.8) is 0 Å². The number of allylic oxidation sites excluding steroid dienone is 1. The number of unbranched alkanes of at least 4 members (excludes halogenated alkanes) is 1. The zero-order valence-corrected chi connectivity index (χ0v) is 13.5. The molecule has 5 heteroatoms. The Balaban J connectivity index is 2.06. The Labute approximate surface area is 135 Å². The number of rotatable bonds is 7. The molecule has 0 aliphatic heterocycles. The molecule has 0 saturated carbocycles. The van der Waals surface area contributed by atoms with Crippen LogP contribution in [0, 0.1) is 0 Å². The summed E-state index contributed by atoms with van der Waals surface area (Å²) in [5.74, 6) is 1.47. The third-order valence-corrected chi connectivity index (χ3v) is 3.56. The monoisotopic (exact) mass is 318 g/mol. The van der Waals surface area contributed by atoms with Crippen molar-refractivity contribution in [3.05, 3.63) is 52.6 Å². The number of ketones is 1. The molecule has 1 N–H and O–H groups in total. The Hall–Kier alpha value is -2.07. The van der Waals surface area contributed by atoms with E-state index in [1.807, 2.05) is 0 Å². The Kier molecular flexibility index (Phi) is 5.78. The van der Waals surface area contributed by atoms with Gasteiger partial charge in [0, 0.05) is 12.0 Å². The molecule has 0 fully saturated rings. The van der Waals surface area contributed by atoms with E-state index in [0.717, 1.165) is 30.8 Å². The fourth-order valence-electron chi connectivity index (χ4n) is 1.99. The number of aromatic nitrogens is 2. The number of carbonyl (C=O) groups excluding carboxylic acids is 1. The van der Waals surface area contributed by atoms with E-state index < -0.39 is 0 Å². The molecule has 0 unspecified atom stereocenters. The third-order valence-electron chi connectivity index (χ3n) is 3.27. The van der Waals surface area contributed by atoms with Crippen LogP contribution < -0.4 is 4.74 Å². The lowest BCUT2D eigenvalue weighted by Gasteiger charge is -1.99. The zero-order chi connectivity index (χ0) is 15.9. The van der Waals surface area contributed by atoms with Gasteiger partial charge < -0.3 is 9.72 Å². The lowest BCUT2D eigenvalue weighted by atomic mass is 10.1. The molecule has 0 amide bonds. The van der Waals surface area contributed by atoms with Crippen LogP contribution in [-0.2, 0) is 6.42 Å². The van der Waals surface area contributed by atoms with Gasteiger partial charge in [0.2, 0.25) is 0 Å². The number of methoxy groups -OCH3 is 1. The minimum atomic E-state index is -0.100. The molecule has 2 rings (SSSR count). The second-order valence-corrected chi connectivity index (χ2v) is 5.29. The Morgan fingerprint density at radius 2 is 2.09 bits per heavy atom. The van der Waals surface area contributed by atoms with Gasteiger partial charge in [0.15, 0.2) is 5.78 Å². The van der Waals surface area contributed by atoms with Gasteiger partial charge in [0.25, 0.3) is 0 Å². The maximum absolute atomic E-state index is 12.1. The first-order valence-electron chi connectivity index (χ1n) is 7.25.